The summed E-state index contributed by atoms with van der Waals surface area (Å²) in [6.07, 6.45) is -9.86. The van der Waals surface area contributed by atoms with E-state index in [1.807, 2.05) is 0 Å². The van der Waals surface area contributed by atoms with E-state index in [0.29, 0.717) is 25.2 Å². The van der Waals surface area contributed by atoms with Crippen molar-refractivity contribution in [3.8, 4) is 0 Å². The zero-order chi connectivity index (χ0) is 15.8. The van der Waals surface area contributed by atoms with Crippen LogP contribution < -0.4 is 10.6 Å². The number of anilines is 1. The number of rotatable bonds is 2. The van der Waals surface area contributed by atoms with Gasteiger partial charge in [0.1, 0.15) is 0 Å². The number of alkyl halides is 6. The molecule has 2 rings (SSSR count). The number of carbonyl (C=O) groups excluding carboxylic acids is 1. The highest BCUT2D eigenvalue weighted by Gasteiger charge is 2.37. The van der Waals surface area contributed by atoms with E-state index in [1.54, 1.807) is 0 Å². The molecule has 1 fully saturated rings. The predicted octanol–water partition coefficient (Wildman–Crippen LogP) is 2.88. The molecule has 0 saturated carbocycles. The minimum Gasteiger partial charge on any atom is -0.326 e. The molecule has 0 aliphatic carbocycles. The van der Waals surface area contributed by atoms with Gasteiger partial charge in [-0.2, -0.15) is 26.3 Å². The Kier molecular flexibility index (Phi) is 3.87. The van der Waals surface area contributed by atoms with Gasteiger partial charge in [0, 0.05) is 18.8 Å². The van der Waals surface area contributed by atoms with Gasteiger partial charge in [-0.1, -0.05) is 0 Å². The Balaban J connectivity index is 2.33. The monoisotopic (exact) mass is 312 g/mol. The van der Waals surface area contributed by atoms with E-state index in [4.69, 9.17) is 0 Å². The van der Waals surface area contributed by atoms with Gasteiger partial charge in [-0.15, -0.1) is 0 Å². The van der Waals surface area contributed by atoms with E-state index in [1.165, 1.54) is 0 Å². The van der Waals surface area contributed by atoms with Crippen molar-refractivity contribution < 1.29 is 31.1 Å². The summed E-state index contributed by atoms with van der Waals surface area (Å²) < 4.78 is 75.7. The summed E-state index contributed by atoms with van der Waals surface area (Å²) >= 11 is 0. The molecule has 0 aromatic heterocycles. The first-order valence-corrected chi connectivity index (χ1v) is 5.88. The van der Waals surface area contributed by atoms with Gasteiger partial charge in [0.05, 0.1) is 17.0 Å². The Morgan fingerprint density at radius 1 is 1.00 bits per heavy atom. The van der Waals surface area contributed by atoms with E-state index < -0.39 is 41.0 Å². The molecule has 21 heavy (non-hydrogen) atoms. The largest absolute Gasteiger partial charge is 0.416 e. The van der Waals surface area contributed by atoms with E-state index in [9.17, 15) is 31.1 Å². The Morgan fingerprint density at radius 2 is 1.48 bits per heavy atom. The number of hydrogen-bond donors (Lipinski definition) is 2. The average Bonchev–Trinajstić information content (AvgIpc) is 2.23. The second-order valence-electron chi connectivity index (χ2n) is 4.64. The lowest BCUT2D eigenvalue weighted by molar-refractivity contribution is -0.143. The molecule has 3 nitrogen and oxygen atoms in total. The number of amides is 1. The lowest BCUT2D eigenvalue weighted by Crippen LogP contribution is -2.48. The minimum absolute atomic E-state index is 0.0144. The first kappa shape index (κ1) is 15.6. The van der Waals surface area contributed by atoms with Crippen molar-refractivity contribution in [1.82, 2.24) is 5.32 Å². The van der Waals surface area contributed by atoms with Gasteiger partial charge in [0.15, 0.2) is 0 Å². The van der Waals surface area contributed by atoms with Crippen molar-refractivity contribution in [2.24, 2.45) is 5.92 Å². The van der Waals surface area contributed by atoms with Gasteiger partial charge >= 0.3 is 12.4 Å². The van der Waals surface area contributed by atoms with Gasteiger partial charge in [0.25, 0.3) is 0 Å². The van der Waals surface area contributed by atoms with Crippen LogP contribution in [0, 0.1) is 5.92 Å². The fraction of sp³-hybridized carbons (Fsp3) is 0.417. The Bertz CT molecular complexity index is 515. The highest BCUT2D eigenvalue weighted by Crippen LogP contribution is 2.37. The summed E-state index contributed by atoms with van der Waals surface area (Å²) in [7, 11) is 0. The summed E-state index contributed by atoms with van der Waals surface area (Å²) in [6, 6.07) is 0.985. The lowest BCUT2D eigenvalue weighted by atomic mass is 10.0. The van der Waals surface area contributed by atoms with Crippen molar-refractivity contribution in [2.75, 3.05) is 18.4 Å². The standard InChI is InChI=1S/C12H10F6N2O/c13-11(14,15)7-1-8(12(16,17)18)3-9(2-7)20-10(21)6-4-19-5-6/h1-3,6,19H,4-5H2,(H,20,21). The Morgan fingerprint density at radius 3 is 1.81 bits per heavy atom. The summed E-state index contributed by atoms with van der Waals surface area (Å²) in [5, 5.41) is 4.87. The zero-order valence-corrected chi connectivity index (χ0v) is 10.4. The predicted molar refractivity (Wildman–Crippen MR) is 61.4 cm³/mol. The molecule has 1 aliphatic heterocycles. The van der Waals surface area contributed by atoms with Crippen LogP contribution in [0.2, 0.25) is 0 Å². The van der Waals surface area contributed by atoms with Crippen LogP contribution in [0.5, 0.6) is 0 Å². The first-order chi connectivity index (χ1) is 9.57. The highest BCUT2D eigenvalue weighted by molar-refractivity contribution is 5.93. The van der Waals surface area contributed by atoms with Gasteiger partial charge in [-0.05, 0) is 18.2 Å². The minimum atomic E-state index is -4.93. The smallest absolute Gasteiger partial charge is 0.326 e. The molecule has 1 heterocycles. The van der Waals surface area contributed by atoms with Crippen molar-refractivity contribution in [3.63, 3.8) is 0 Å². The number of carbonyl (C=O) groups is 1. The van der Waals surface area contributed by atoms with Gasteiger partial charge in [-0.25, -0.2) is 0 Å². The molecule has 1 amide bonds. The normalized spacial score (nSPS) is 16.5. The second-order valence-corrected chi connectivity index (χ2v) is 4.64. The molecule has 1 aromatic rings. The fourth-order valence-electron chi connectivity index (χ4n) is 1.75. The van der Waals surface area contributed by atoms with Crippen LogP contribution >= 0.6 is 0 Å². The number of nitrogens with one attached hydrogen (secondary N) is 2. The van der Waals surface area contributed by atoms with Crippen LogP contribution in [-0.2, 0) is 17.1 Å². The molecular formula is C12H10F6N2O. The summed E-state index contributed by atoms with van der Waals surface area (Å²) in [4.78, 5) is 11.6. The van der Waals surface area contributed by atoms with Crippen molar-refractivity contribution in [2.45, 2.75) is 12.4 Å². The molecule has 116 valence electrons. The van der Waals surface area contributed by atoms with Crippen molar-refractivity contribution in [1.29, 1.82) is 0 Å². The Labute approximate surface area is 115 Å². The fourth-order valence-corrected chi connectivity index (χ4v) is 1.75. The third kappa shape index (κ3) is 3.66. The maximum Gasteiger partial charge on any atom is 0.416 e. The van der Waals surface area contributed by atoms with E-state index in [2.05, 4.69) is 10.6 Å². The molecule has 0 atom stereocenters. The average molecular weight is 312 g/mol. The first-order valence-electron chi connectivity index (χ1n) is 5.88. The molecule has 0 radical (unpaired) electrons. The third-order valence-corrected chi connectivity index (χ3v) is 3.01. The van der Waals surface area contributed by atoms with Crippen LogP contribution in [0.4, 0.5) is 32.0 Å². The highest BCUT2D eigenvalue weighted by atomic mass is 19.4. The molecule has 0 unspecified atom stereocenters. The number of benzene rings is 1. The topological polar surface area (TPSA) is 41.1 Å². The molecular weight excluding hydrogens is 302 g/mol. The molecule has 0 bridgehead atoms. The molecule has 9 heteroatoms. The maximum absolute atomic E-state index is 12.6. The summed E-state index contributed by atoms with van der Waals surface area (Å²) in [5.74, 6) is -1.06. The quantitative estimate of drug-likeness (QED) is 0.825. The van der Waals surface area contributed by atoms with Crippen molar-refractivity contribution >= 4 is 11.6 Å². The molecule has 1 aliphatic rings. The van der Waals surface area contributed by atoms with Crippen LogP contribution in [-0.4, -0.2) is 19.0 Å². The van der Waals surface area contributed by atoms with Gasteiger partial charge in [0.2, 0.25) is 5.91 Å². The van der Waals surface area contributed by atoms with Crippen molar-refractivity contribution in [3.05, 3.63) is 29.3 Å². The molecule has 1 saturated heterocycles. The van der Waals surface area contributed by atoms with Crippen LogP contribution in [0.1, 0.15) is 11.1 Å². The van der Waals surface area contributed by atoms with Crippen LogP contribution in [0.25, 0.3) is 0 Å². The van der Waals surface area contributed by atoms with Crippen LogP contribution in [0.15, 0.2) is 18.2 Å². The number of halogens is 6. The SMILES string of the molecule is O=C(Nc1cc(C(F)(F)F)cc(C(F)(F)F)c1)C1CNC1. The van der Waals surface area contributed by atoms with Gasteiger partial charge < -0.3 is 10.6 Å². The van der Waals surface area contributed by atoms with E-state index >= 15 is 0 Å². The summed E-state index contributed by atoms with van der Waals surface area (Å²) in [6.45, 7) is 0.688. The van der Waals surface area contributed by atoms with E-state index in [-0.39, 0.29) is 6.07 Å². The van der Waals surface area contributed by atoms with Crippen LogP contribution in [0.3, 0.4) is 0 Å². The Hall–Kier alpha value is -1.77. The molecule has 0 spiro atoms. The lowest BCUT2D eigenvalue weighted by Gasteiger charge is -2.26. The molecule has 2 N–H and O–H groups in total. The molecule has 1 aromatic carbocycles. The zero-order valence-electron chi connectivity index (χ0n) is 10.4. The maximum atomic E-state index is 12.6. The van der Waals surface area contributed by atoms with E-state index in [0.717, 1.165) is 0 Å². The number of hydrogen-bond acceptors (Lipinski definition) is 2. The third-order valence-electron chi connectivity index (χ3n) is 3.01. The summed E-state index contributed by atoms with van der Waals surface area (Å²) in [5.41, 5.74) is -3.44. The second kappa shape index (κ2) is 5.21. The van der Waals surface area contributed by atoms with Gasteiger partial charge in [-0.3, -0.25) is 4.79 Å².